The summed E-state index contributed by atoms with van der Waals surface area (Å²) in [6.45, 7) is 7.37. The van der Waals surface area contributed by atoms with Gasteiger partial charge in [-0.05, 0) is 24.6 Å². The number of hydrogen-bond donors (Lipinski definition) is 0. The van der Waals surface area contributed by atoms with Crippen LogP contribution in [0.4, 0.5) is 5.82 Å². The first-order valence-electron chi connectivity index (χ1n) is 9.85. The third kappa shape index (κ3) is 3.40. The zero-order chi connectivity index (χ0) is 19.8. The van der Waals surface area contributed by atoms with Crippen LogP contribution >= 0.6 is 0 Å². The number of piperazine rings is 1. The van der Waals surface area contributed by atoms with Crippen LogP contribution in [0.15, 0.2) is 36.2 Å². The van der Waals surface area contributed by atoms with Crippen molar-refractivity contribution in [1.29, 1.82) is 0 Å². The molecule has 4 heterocycles. The number of fused-ring (bicyclic) bond motifs is 2. The van der Waals surface area contributed by atoms with Gasteiger partial charge in [0.2, 0.25) is 0 Å². The summed E-state index contributed by atoms with van der Waals surface area (Å²) < 4.78 is 13.2. The minimum Gasteiger partial charge on any atom is -0.493 e. The number of aromatic nitrogens is 4. The largest absolute Gasteiger partial charge is 0.493 e. The molecule has 5 rings (SSSR count). The summed E-state index contributed by atoms with van der Waals surface area (Å²) in [7, 11) is 1.68. The number of aryl methyl sites for hydroxylation is 1. The molecule has 1 saturated heterocycles. The molecule has 0 saturated carbocycles. The number of ether oxygens (including phenoxy) is 2. The van der Waals surface area contributed by atoms with E-state index in [1.54, 1.807) is 13.4 Å². The van der Waals surface area contributed by atoms with E-state index >= 15 is 0 Å². The van der Waals surface area contributed by atoms with Crippen LogP contribution in [0.25, 0.3) is 11.9 Å². The molecule has 0 spiro atoms. The van der Waals surface area contributed by atoms with Gasteiger partial charge in [0, 0.05) is 50.0 Å². The van der Waals surface area contributed by atoms with Gasteiger partial charge in [-0.15, -0.1) is 0 Å². The standard InChI is InChI=1S/C21H24N6O2/c1-15-10-19(27-21(24-15)22-14-23-27)26-8-6-25(7-9-26)12-16-11-17-4-3-5-18(28-2)20(17)29-13-16/h3-5,10-11,14H,6-9,12-13H2,1-2H3. The van der Waals surface area contributed by atoms with Crippen molar-refractivity contribution in [2.45, 2.75) is 6.92 Å². The Labute approximate surface area is 169 Å². The Hall–Kier alpha value is -3.13. The van der Waals surface area contributed by atoms with Gasteiger partial charge in [-0.2, -0.15) is 14.6 Å². The SMILES string of the molecule is COc1cccc2c1OCC(CN1CCN(c3cc(C)nc4ncnn34)CC1)=C2. The van der Waals surface area contributed by atoms with Crippen LogP contribution in [0.5, 0.6) is 11.5 Å². The quantitative estimate of drug-likeness (QED) is 0.673. The number of benzene rings is 1. The van der Waals surface area contributed by atoms with Crippen LogP contribution in [-0.2, 0) is 0 Å². The highest BCUT2D eigenvalue weighted by Crippen LogP contribution is 2.35. The fourth-order valence-corrected chi connectivity index (χ4v) is 4.04. The number of rotatable bonds is 4. The lowest BCUT2D eigenvalue weighted by Crippen LogP contribution is -2.47. The van der Waals surface area contributed by atoms with Crippen molar-refractivity contribution in [3.05, 3.63) is 47.4 Å². The molecule has 8 nitrogen and oxygen atoms in total. The number of hydrogen-bond acceptors (Lipinski definition) is 7. The summed E-state index contributed by atoms with van der Waals surface area (Å²) in [6.07, 6.45) is 3.79. The molecule has 150 valence electrons. The van der Waals surface area contributed by atoms with Crippen LogP contribution in [0.1, 0.15) is 11.3 Å². The van der Waals surface area contributed by atoms with Gasteiger partial charge in [0.25, 0.3) is 5.78 Å². The van der Waals surface area contributed by atoms with E-state index in [1.165, 1.54) is 5.57 Å². The molecule has 2 aliphatic heterocycles. The van der Waals surface area contributed by atoms with Gasteiger partial charge in [-0.25, -0.2) is 4.98 Å². The monoisotopic (exact) mass is 392 g/mol. The van der Waals surface area contributed by atoms with Gasteiger partial charge >= 0.3 is 0 Å². The van der Waals surface area contributed by atoms with E-state index in [0.717, 1.165) is 61.3 Å². The van der Waals surface area contributed by atoms with Crippen molar-refractivity contribution in [3.63, 3.8) is 0 Å². The van der Waals surface area contributed by atoms with Crippen LogP contribution in [-0.4, -0.2) is 70.9 Å². The van der Waals surface area contributed by atoms with Gasteiger partial charge in [-0.1, -0.05) is 12.1 Å². The Morgan fingerprint density at radius 1 is 1.17 bits per heavy atom. The van der Waals surface area contributed by atoms with Gasteiger partial charge in [0.15, 0.2) is 11.5 Å². The summed E-state index contributed by atoms with van der Waals surface area (Å²) in [5, 5.41) is 4.33. The van der Waals surface area contributed by atoms with Crippen molar-refractivity contribution < 1.29 is 9.47 Å². The number of anilines is 1. The molecule has 0 amide bonds. The zero-order valence-electron chi connectivity index (χ0n) is 16.7. The smallest absolute Gasteiger partial charge is 0.254 e. The van der Waals surface area contributed by atoms with Crippen LogP contribution < -0.4 is 14.4 Å². The molecule has 2 aromatic heterocycles. The average Bonchev–Trinajstić information content (AvgIpc) is 3.21. The molecule has 0 unspecified atom stereocenters. The maximum atomic E-state index is 5.99. The molecule has 0 bridgehead atoms. The van der Waals surface area contributed by atoms with Crippen LogP contribution in [0, 0.1) is 6.92 Å². The third-order valence-corrected chi connectivity index (χ3v) is 5.47. The van der Waals surface area contributed by atoms with Crippen LogP contribution in [0.3, 0.4) is 0 Å². The van der Waals surface area contributed by atoms with Crippen molar-refractivity contribution in [1.82, 2.24) is 24.5 Å². The third-order valence-electron chi connectivity index (χ3n) is 5.47. The van der Waals surface area contributed by atoms with Crippen molar-refractivity contribution >= 4 is 17.7 Å². The summed E-state index contributed by atoms with van der Waals surface area (Å²) in [6, 6.07) is 8.09. The second-order valence-corrected chi connectivity index (χ2v) is 7.46. The second-order valence-electron chi connectivity index (χ2n) is 7.46. The number of methoxy groups -OCH3 is 1. The van der Waals surface area contributed by atoms with Gasteiger partial charge < -0.3 is 14.4 Å². The maximum Gasteiger partial charge on any atom is 0.254 e. The molecule has 0 N–H and O–H groups in total. The molecule has 8 heteroatoms. The average molecular weight is 392 g/mol. The van der Waals surface area contributed by atoms with E-state index in [1.807, 2.05) is 23.6 Å². The van der Waals surface area contributed by atoms with E-state index in [4.69, 9.17) is 9.47 Å². The number of nitrogens with zero attached hydrogens (tertiary/aromatic N) is 6. The molecule has 0 atom stereocenters. The predicted octanol–water partition coefficient (Wildman–Crippen LogP) is 2.04. The molecule has 3 aromatic rings. The lowest BCUT2D eigenvalue weighted by atomic mass is 10.1. The Kier molecular flexibility index (Phi) is 4.55. The topological polar surface area (TPSA) is 68.0 Å². The molecular formula is C21H24N6O2. The number of para-hydroxylation sites is 1. The minimum atomic E-state index is 0.608. The molecule has 1 aromatic carbocycles. The van der Waals surface area contributed by atoms with E-state index < -0.39 is 0 Å². The highest BCUT2D eigenvalue weighted by molar-refractivity contribution is 5.66. The molecule has 0 radical (unpaired) electrons. The van der Waals surface area contributed by atoms with Crippen molar-refractivity contribution in [3.8, 4) is 11.5 Å². The van der Waals surface area contributed by atoms with Crippen molar-refractivity contribution in [2.24, 2.45) is 0 Å². The first-order valence-corrected chi connectivity index (χ1v) is 9.85. The molecule has 2 aliphatic rings. The van der Waals surface area contributed by atoms with Gasteiger partial charge in [0.1, 0.15) is 18.8 Å². The Bertz CT molecular complexity index is 1070. The fourth-order valence-electron chi connectivity index (χ4n) is 4.04. The molecule has 0 aliphatic carbocycles. The normalized spacial score (nSPS) is 17.0. The van der Waals surface area contributed by atoms with Crippen LogP contribution in [0.2, 0.25) is 0 Å². The zero-order valence-corrected chi connectivity index (χ0v) is 16.7. The lowest BCUT2D eigenvalue weighted by Gasteiger charge is -2.36. The lowest BCUT2D eigenvalue weighted by molar-refractivity contribution is 0.256. The summed E-state index contributed by atoms with van der Waals surface area (Å²) >= 11 is 0. The van der Waals surface area contributed by atoms with E-state index in [9.17, 15) is 0 Å². The highest BCUT2D eigenvalue weighted by Gasteiger charge is 2.22. The summed E-state index contributed by atoms with van der Waals surface area (Å²) in [5.41, 5.74) is 3.34. The molecule has 29 heavy (non-hydrogen) atoms. The highest BCUT2D eigenvalue weighted by atomic mass is 16.5. The Morgan fingerprint density at radius 2 is 2.03 bits per heavy atom. The molecular weight excluding hydrogens is 368 g/mol. The fraction of sp³-hybridized carbons (Fsp3) is 0.381. The summed E-state index contributed by atoms with van der Waals surface area (Å²) in [4.78, 5) is 13.5. The first-order chi connectivity index (χ1) is 14.2. The van der Waals surface area contributed by atoms with Gasteiger partial charge in [-0.3, -0.25) is 4.90 Å². The minimum absolute atomic E-state index is 0.608. The summed E-state index contributed by atoms with van der Waals surface area (Å²) in [5.74, 6) is 3.35. The second kappa shape index (κ2) is 7.36. The molecule has 1 fully saturated rings. The Morgan fingerprint density at radius 3 is 2.86 bits per heavy atom. The van der Waals surface area contributed by atoms with Crippen molar-refractivity contribution in [2.75, 3.05) is 51.3 Å². The van der Waals surface area contributed by atoms with Gasteiger partial charge in [0.05, 0.1) is 7.11 Å². The maximum absolute atomic E-state index is 5.99. The first kappa shape index (κ1) is 17.9. The van der Waals surface area contributed by atoms with E-state index in [0.29, 0.717) is 12.4 Å². The van der Waals surface area contributed by atoms with E-state index in [2.05, 4.69) is 43.1 Å². The Balaban J connectivity index is 1.27. The van der Waals surface area contributed by atoms with E-state index in [-0.39, 0.29) is 0 Å². The predicted molar refractivity (Wildman–Crippen MR) is 111 cm³/mol.